The van der Waals surface area contributed by atoms with Crippen LogP contribution in [-0.4, -0.2) is 149 Å². The van der Waals surface area contributed by atoms with Gasteiger partial charge in [-0.3, -0.25) is 24.1 Å². The van der Waals surface area contributed by atoms with Crippen molar-refractivity contribution in [1.82, 2.24) is 25.3 Å². The Morgan fingerprint density at radius 3 is 2.36 bits per heavy atom. The van der Waals surface area contributed by atoms with Gasteiger partial charge in [-0.05, 0) is 32.1 Å². The third-order valence-electron chi connectivity index (χ3n) is 10.3. The molecule has 0 aromatic heterocycles. The summed E-state index contributed by atoms with van der Waals surface area (Å²) in [5.74, 6) is -4.40. The molecule has 0 spiro atoms. The second kappa shape index (κ2) is 12.7. The highest BCUT2D eigenvalue weighted by Crippen LogP contribution is 2.38. The molecule has 6 bridgehead atoms. The molecule has 13 nitrogen and oxygen atoms in total. The quantitative estimate of drug-likeness (QED) is 0.289. The maximum Gasteiger partial charge on any atom is 0.248 e. The molecule has 5 heterocycles. The van der Waals surface area contributed by atoms with Crippen molar-refractivity contribution in [2.75, 3.05) is 45.9 Å². The van der Waals surface area contributed by atoms with Crippen molar-refractivity contribution in [2.24, 2.45) is 5.92 Å². The highest BCUT2D eigenvalue weighted by Gasteiger charge is 2.49. The number of halogens is 2. The number of amides is 4. The van der Waals surface area contributed by atoms with Gasteiger partial charge in [-0.1, -0.05) is 0 Å². The number of nitrogens with one attached hydrogen (secondary N) is 2. The molecule has 6 rings (SSSR count). The number of fused-ring (bicyclic) bond motifs is 6. The van der Waals surface area contributed by atoms with Gasteiger partial charge in [-0.2, -0.15) is 0 Å². The first-order valence-electron chi connectivity index (χ1n) is 15.9. The first-order chi connectivity index (χ1) is 21.0. The van der Waals surface area contributed by atoms with E-state index >= 15 is 0 Å². The minimum absolute atomic E-state index is 0.0525. The summed E-state index contributed by atoms with van der Waals surface area (Å²) in [4.78, 5) is 59.4. The van der Waals surface area contributed by atoms with E-state index in [-0.39, 0.29) is 88.5 Å². The number of rotatable bonds is 2. The Kier molecular flexibility index (Phi) is 9.12. The molecular weight excluding hydrogens is 584 g/mol. The smallest absolute Gasteiger partial charge is 0.248 e. The maximum absolute atomic E-state index is 14.1. The van der Waals surface area contributed by atoms with E-state index in [0.717, 1.165) is 0 Å². The van der Waals surface area contributed by atoms with Crippen LogP contribution in [0.2, 0.25) is 0 Å². The molecule has 1 aliphatic carbocycles. The fourth-order valence-corrected chi connectivity index (χ4v) is 7.78. The third kappa shape index (κ3) is 6.43. The van der Waals surface area contributed by atoms with Crippen LogP contribution in [0.25, 0.3) is 0 Å². The molecule has 44 heavy (non-hydrogen) atoms. The normalized spacial score (nSPS) is 38.0. The van der Waals surface area contributed by atoms with E-state index in [1.54, 1.807) is 4.90 Å². The lowest BCUT2D eigenvalue weighted by Crippen LogP contribution is -2.64. The van der Waals surface area contributed by atoms with Gasteiger partial charge in [0.15, 0.2) is 0 Å². The van der Waals surface area contributed by atoms with Crippen LogP contribution in [0.15, 0.2) is 0 Å². The Morgan fingerprint density at radius 2 is 1.64 bits per heavy atom. The van der Waals surface area contributed by atoms with Gasteiger partial charge in [0.05, 0.1) is 25.1 Å². The van der Waals surface area contributed by atoms with Gasteiger partial charge in [0.1, 0.15) is 24.4 Å². The van der Waals surface area contributed by atoms with Crippen molar-refractivity contribution in [3.8, 4) is 0 Å². The van der Waals surface area contributed by atoms with Crippen LogP contribution in [0.3, 0.4) is 0 Å². The zero-order chi connectivity index (χ0) is 31.2. The standard InChI is InChI=1S/C29H43F2N5O8/c30-29(31)5-1-18(2-6-29)36-14-17-11-19(36)28(42)34-7-8-35(27(41)16-3-9-43-10-4-16)20(15-34)26(40)32-13-22-25(39)24(38)21(44-22)12-23(37)33-17/h16-22,24-25,38-39H,1-15H2,(H,32,40)(H,33,37)/t17-,19-,20-,21-,22+,24-,25+/m0/s1. The van der Waals surface area contributed by atoms with Gasteiger partial charge in [0.25, 0.3) is 0 Å². The molecule has 6 aliphatic rings. The number of hydrogen-bond donors (Lipinski definition) is 4. The summed E-state index contributed by atoms with van der Waals surface area (Å²) in [5.41, 5.74) is 0. The van der Waals surface area contributed by atoms with Gasteiger partial charge in [-0.25, -0.2) is 8.78 Å². The van der Waals surface area contributed by atoms with E-state index in [4.69, 9.17) is 9.47 Å². The molecule has 15 heteroatoms. The molecule has 6 fully saturated rings. The average molecular weight is 628 g/mol. The monoisotopic (exact) mass is 627 g/mol. The molecular formula is C29H43F2N5O8. The molecule has 5 saturated heterocycles. The summed E-state index contributed by atoms with van der Waals surface area (Å²) in [5, 5.41) is 26.9. The molecule has 7 atom stereocenters. The number of aliphatic hydroxyl groups is 2. The van der Waals surface area contributed by atoms with Crippen LogP contribution in [0.1, 0.15) is 51.4 Å². The van der Waals surface area contributed by atoms with Crippen LogP contribution in [0.4, 0.5) is 8.78 Å². The van der Waals surface area contributed by atoms with E-state index in [1.165, 1.54) is 4.90 Å². The first-order valence-corrected chi connectivity index (χ1v) is 15.9. The Morgan fingerprint density at radius 1 is 0.932 bits per heavy atom. The highest BCUT2D eigenvalue weighted by molar-refractivity contribution is 5.91. The predicted octanol–water partition coefficient (Wildman–Crippen LogP) is -1.40. The molecule has 246 valence electrons. The second-order valence-corrected chi connectivity index (χ2v) is 13.2. The van der Waals surface area contributed by atoms with Gasteiger partial charge >= 0.3 is 0 Å². The zero-order valence-electron chi connectivity index (χ0n) is 24.7. The van der Waals surface area contributed by atoms with Gasteiger partial charge in [0.2, 0.25) is 29.6 Å². The van der Waals surface area contributed by atoms with Crippen molar-refractivity contribution in [3.05, 3.63) is 0 Å². The second-order valence-electron chi connectivity index (χ2n) is 13.2. The van der Waals surface area contributed by atoms with Crippen molar-refractivity contribution in [3.63, 3.8) is 0 Å². The summed E-state index contributed by atoms with van der Waals surface area (Å²) in [6, 6.07) is -2.39. The number of likely N-dealkylation sites (tertiary alicyclic amines) is 1. The summed E-state index contributed by atoms with van der Waals surface area (Å²) in [7, 11) is 0. The number of carbonyl (C=O) groups excluding carboxylic acids is 4. The van der Waals surface area contributed by atoms with E-state index in [0.29, 0.717) is 32.6 Å². The van der Waals surface area contributed by atoms with Crippen molar-refractivity contribution in [1.29, 1.82) is 0 Å². The van der Waals surface area contributed by atoms with Crippen molar-refractivity contribution >= 4 is 23.6 Å². The molecule has 5 aliphatic heterocycles. The Hall–Kier alpha value is -2.46. The fraction of sp³-hybridized carbons (Fsp3) is 0.862. The van der Waals surface area contributed by atoms with Gasteiger partial charge in [-0.15, -0.1) is 0 Å². The third-order valence-corrected chi connectivity index (χ3v) is 10.3. The van der Waals surface area contributed by atoms with E-state index < -0.39 is 60.3 Å². The first kappa shape index (κ1) is 31.5. The largest absolute Gasteiger partial charge is 0.388 e. The lowest BCUT2D eigenvalue weighted by atomic mass is 9.90. The SMILES string of the molecule is O=C1C[C@@H]2O[C@H](CNC(=O)[C@@H]3CN(CCN3C(=O)C3CCOCC3)C(=O)[C@@H]3C[C@@H](CN3C3CCC(F)(F)CC3)N1)[C@@H](O)[C@H]2O. The Balaban J connectivity index is 1.27. The van der Waals surface area contributed by atoms with Crippen molar-refractivity contribution < 1.29 is 47.6 Å². The molecule has 0 radical (unpaired) electrons. The highest BCUT2D eigenvalue weighted by atomic mass is 19.3. The van der Waals surface area contributed by atoms with E-state index in [9.17, 15) is 38.2 Å². The number of piperazine rings is 1. The minimum Gasteiger partial charge on any atom is -0.388 e. The topological polar surface area (TPSA) is 161 Å². The van der Waals surface area contributed by atoms with Crippen LogP contribution in [0, 0.1) is 5.92 Å². The lowest BCUT2D eigenvalue weighted by Gasteiger charge is -2.44. The lowest BCUT2D eigenvalue weighted by molar-refractivity contribution is -0.154. The molecule has 0 aromatic rings. The van der Waals surface area contributed by atoms with Gasteiger partial charge in [0, 0.05) is 70.2 Å². The number of alkyl halides is 2. The number of ether oxygens (including phenoxy) is 2. The van der Waals surface area contributed by atoms with Crippen LogP contribution < -0.4 is 10.6 Å². The maximum atomic E-state index is 14.1. The van der Waals surface area contributed by atoms with Crippen LogP contribution >= 0.6 is 0 Å². The fourth-order valence-electron chi connectivity index (χ4n) is 7.78. The minimum atomic E-state index is -2.74. The van der Waals surface area contributed by atoms with Crippen LogP contribution in [-0.2, 0) is 28.7 Å². The zero-order valence-corrected chi connectivity index (χ0v) is 24.7. The average Bonchev–Trinajstić information content (AvgIpc) is 3.54. The Bertz CT molecular complexity index is 1120. The molecule has 0 unspecified atom stereocenters. The van der Waals surface area contributed by atoms with Gasteiger partial charge < -0.3 is 40.1 Å². The van der Waals surface area contributed by atoms with E-state index in [1.807, 2.05) is 4.90 Å². The summed E-state index contributed by atoms with van der Waals surface area (Å²) in [6.45, 7) is 1.34. The summed E-state index contributed by atoms with van der Waals surface area (Å²) in [6.07, 6.45) is -3.69. The number of aliphatic hydroxyl groups excluding tert-OH is 2. The number of carbonyl (C=O) groups is 4. The molecule has 4 amide bonds. The Labute approximate surface area is 254 Å². The molecule has 4 N–H and O–H groups in total. The van der Waals surface area contributed by atoms with Crippen molar-refractivity contribution in [2.45, 2.75) is 106 Å². The van der Waals surface area contributed by atoms with E-state index in [2.05, 4.69) is 10.6 Å². The summed E-state index contributed by atoms with van der Waals surface area (Å²) < 4.78 is 39.3. The molecule has 0 aromatic carbocycles. The van der Waals surface area contributed by atoms with Crippen LogP contribution in [0.5, 0.6) is 0 Å². The number of nitrogens with zero attached hydrogens (tertiary/aromatic N) is 3. The summed E-state index contributed by atoms with van der Waals surface area (Å²) >= 11 is 0. The number of hydrogen-bond acceptors (Lipinski definition) is 9. The molecule has 1 saturated carbocycles. The predicted molar refractivity (Wildman–Crippen MR) is 148 cm³/mol.